The van der Waals surface area contributed by atoms with E-state index in [9.17, 15) is 9.59 Å². The third-order valence-corrected chi connectivity index (χ3v) is 6.03. The number of carboxylic acid groups (broad SMARTS) is 2. The average molecular weight is 500 g/mol. The topological polar surface area (TPSA) is 141 Å². The molecule has 0 radical (unpaired) electrons. The maximum Gasteiger partial charge on any atom is 0.335 e. The number of benzene rings is 2. The molecule has 8 nitrogen and oxygen atoms in total. The van der Waals surface area contributed by atoms with Gasteiger partial charge in [0.1, 0.15) is 13.1 Å². The van der Waals surface area contributed by atoms with Gasteiger partial charge in [0.25, 0.3) is 0 Å². The molecule has 0 spiro atoms. The first-order valence-electron chi connectivity index (χ1n) is 10.4. The Morgan fingerprint density at radius 2 is 1.45 bits per heavy atom. The van der Waals surface area contributed by atoms with Gasteiger partial charge in [0.05, 0.1) is 13.1 Å². The molecule has 0 saturated carbocycles. The zero-order valence-corrected chi connectivity index (χ0v) is 19.5. The molecule has 3 rings (SSSR count). The minimum Gasteiger partial charge on any atom is -0.479 e. The van der Waals surface area contributed by atoms with Crippen LogP contribution >= 0.6 is 23.2 Å². The van der Waals surface area contributed by atoms with Crippen molar-refractivity contribution in [3.63, 3.8) is 0 Å². The van der Waals surface area contributed by atoms with Crippen LogP contribution in [0.5, 0.6) is 0 Å². The van der Waals surface area contributed by atoms with Crippen LogP contribution in [0.4, 0.5) is 0 Å². The summed E-state index contributed by atoms with van der Waals surface area (Å²) in [4.78, 5) is 19.5. The van der Waals surface area contributed by atoms with E-state index < -0.39 is 24.1 Å². The Morgan fingerprint density at radius 3 is 1.91 bits per heavy atom. The number of nitrogens with two attached hydrogens (primary N) is 1. The van der Waals surface area contributed by atoms with E-state index in [1.807, 2.05) is 12.1 Å². The summed E-state index contributed by atoms with van der Waals surface area (Å²) in [6.45, 7) is 5.02. The molecule has 6 N–H and O–H groups in total. The van der Waals surface area contributed by atoms with E-state index >= 15 is 0 Å². The summed E-state index contributed by atoms with van der Waals surface area (Å²) in [6.07, 6.45) is -3.34. The zero-order chi connectivity index (χ0) is 24.6. The molecule has 2 aromatic carbocycles. The lowest BCUT2D eigenvalue weighted by Crippen LogP contribution is -2.44. The van der Waals surface area contributed by atoms with Gasteiger partial charge in [0.2, 0.25) is 0 Å². The van der Waals surface area contributed by atoms with Crippen LogP contribution in [0, 0.1) is 5.92 Å². The first-order valence-corrected chi connectivity index (χ1v) is 11.2. The van der Waals surface area contributed by atoms with Gasteiger partial charge in [-0.25, -0.2) is 9.59 Å². The van der Waals surface area contributed by atoms with Crippen LogP contribution in [0.2, 0.25) is 10.0 Å². The molecule has 1 heterocycles. The van der Waals surface area contributed by atoms with Crippen molar-refractivity contribution in [1.82, 2.24) is 0 Å². The SMILES string of the molecule is NC[C@H]1CC[N+](Cc2ccccc2)(Cc2cc(Cl)cc(Cl)c2)C1.O=C(O)C(O)C(O)C(=O)O. The third kappa shape index (κ3) is 8.26. The van der Waals surface area contributed by atoms with Crippen LogP contribution < -0.4 is 5.73 Å². The Bertz CT molecular complexity index is 908. The molecule has 0 aromatic heterocycles. The van der Waals surface area contributed by atoms with Gasteiger partial charge >= 0.3 is 11.9 Å². The number of rotatable bonds is 8. The van der Waals surface area contributed by atoms with Gasteiger partial charge in [-0.2, -0.15) is 0 Å². The molecule has 1 saturated heterocycles. The van der Waals surface area contributed by atoms with Crippen molar-refractivity contribution in [2.24, 2.45) is 11.7 Å². The Labute approximate surface area is 202 Å². The standard InChI is InChI=1S/C19H23Cl2N2.C4H6O6/c20-18-8-17(9-19(21)10-18)14-23(7-6-16(11-22)13-23)12-15-4-2-1-3-5-15;5-1(3(7)8)2(6)4(9)10/h1-5,8-10,16H,6-7,11-14,22H2;1-2,5-6H,(H,7,8)(H,9,10)/q+1;/t16-,23?;/m1./s1. The van der Waals surface area contributed by atoms with Gasteiger partial charge in [-0.3, -0.25) is 0 Å². The van der Waals surface area contributed by atoms with Crippen LogP contribution in [0.3, 0.4) is 0 Å². The molecule has 10 heteroatoms. The van der Waals surface area contributed by atoms with Crippen LogP contribution in [0.1, 0.15) is 17.5 Å². The van der Waals surface area contributed by atoms with Crippen molar-refractivity contribution in [2.75, 3.05) is 19.6 Å². The highest BCUT2D eigenvalue weighted by molar-refractivity contribution is 6.34. The normalized spacial score (nSPS) is 21.5. The molecular formula is C23H29Cl2N2O6+. The number of likely N-dealkylation sites (tertiary alicyclic amines) is 1. The van der Waals surface area contributed by atoms with Gasteiger partial charge in [0, 0.05) is 40.1 Å². The summed E-state index contributed by atoms with van der Waals surface area (Å²) in [5, 5.41) is 33.9. The van der Waals surface area contributed by atoms with Crippen molar-refractivity contribution >= 4 is 35.1 Å². The fraction of sp³-hybridized carbons (Fsp3) is 0.391. The van der Waals surface area contributed by atoms with Crippen molar-refractivity contribution < 1.29 is 34.5 Å². The largest absolute Gasteiger partial charge is 0.479 e. The van der Waals surface area contributed by atoms with E-state index in [4.69, 9.17) is 49.4 Å². The third-order valence-electron chi connectivity index (χ3n) is 5.60. The van der Waals surface area contributed by atoms with Gasteiger partial charge in [-0.1, -0.05) is 53.5 Å². The average Bonchev–Trinajstić information content (AvgIpc) is 3.15. The molecule has 0 bridgehead atoms. The Hall–Kier alpha value is -2.20. The molecule has 33 heavy (non-hydrogen) atoms. The van der Waals surface area contributed by atoms with Gasteiger partial charge in [0.15, 0.2) is 12.2 Å². The minimum absolute atomic E-state index is 0.605. The molecule has 180 valence electrons. The van der Waals surface area contributed by atoms with Gasteiger partial charge in [-0.15, -0.1) is 0 Å². The maximum absolute atomic E-state index is 9.77. The van der Waals surface area contributed by atoms with E-state index in [1.165, 1.54) is 17.5 Å². The molecular weight excluding hydrogens is 471 g/mol. The first-order chi connectivity index (χ1) is 15.5. The molecule has 1 fully saturated rings. The highest BCUT2D eigenvalue weighted by Crippen LogP contribution is 2.31. The summed E-state index contributed by atoms with van der Waals surface area (Å²) in [5.74, 6) is -2.93. The number of aliphatic hydroxyl groups is 2. The zero-order valence-electron chi connectivity index (χ0n) is 18.0. The monoisotopic (exact) mass is 499 g/mol. The summed E-state index contributed by atoms with van der Waals surface area (Å²) >= 11 is 12.4. The molecule has 3 unspecified atom stereocenters. The first kappa shape index (κ1) is 27.0. The highest BCUT2D eigenvalue weighted by Gasteiger charge is 2.38. The van der Waals surface area contributed by atoms with Crippen molar-refractivity contribution in [2.45, 2.75) is 31.7 Å². The van der Waals surface area contributed by atoms with Crippen molar-refractivity contribution in [1.29, 1.82) is 0 Å². The highest BCUT2D eigenvalue weighted by atomic mass is 35.5. The number of halogens is 2. The van der Waals surface area contributed by atoms with Crippen LogP contribution in [0.25, 0.3) is 0 Å². The molecule has 0 aliphatic carbocycles. The molecule has 4 atom stereocenters. The number of carbonyl (C=O) groups is 2. The maximum atomic E-state index is 9.77. The summed E-state index contributed by atoms with van der Waals surface area (Å²) in [5.41, 5.74) is 8.52. The van der Waals surface area contributed by atoms with Crippen molar-refractivity contribution in [3.8, 4) is 0 Å². The second-order valence-corrected chi connectivity index (χ2v) is 9.16. The fourth-order valence-corrected chi connectivity index (χ4v) is 4.62. The predicted molar refractivity (Wildman–Crippen MR) is 125 cm³/mol. The Kier molecular flexibility index (Phi) is 10.1. The smallest absolute Gasteiger partial charge is 0.335 e. The predicted octanol–water partition coefficient (Wildman–Crippen LogP) is 2.37. The lowest BCUT2D eigenvalue weighted by Gasteiger charge is -2.35. The van der Waals surface area contributed by atoms with Crippen LogP contribution in [0.15, 0.2) is 48.5 Å². The summed E-state index contributed by atoms with van der Waals surface area (Å²) in [6, 6.07) is 16.6. The van der Waals surface area contributed by atoms with Gasteiger partial charge in [-0.05, 0) is 18.2 Å². The minimum atomic E-state index is -2.27. The Morgan fingerprint density at radius 1 is 0.939 bits per heavy atom. The second-order valence-electron chi connectivity index (χ2n) is 8.28. The van der Waals surface area contributed by atoms with E-state index in [2.05, 4.69) is 30.3 Å². The number of aliphatic hydroxyl groups excluding tert-OH is 2. The second kappa shape index (κ2) is 12.3. The molecule has 1 aliphatic rings. The summed E-state index contributed by atoms with van der Waals surface area (Å²) < 4.78 is 1.03. The quantitative estimate of drug-likeness (QED) is 0.351. The molecule has 0 amide bonds. The number of nitrogens with zero attached hydrogens (tertiary/aromatic N) is 1. The number of hydrogen-bond donors (Lipinski definition) is 5. The number of aliphatic carboxylic acids is 2. The number of carboxylic acids is 2. The summed E-state index contributed by atoms with van der Waals surface area (Å²) in [7, 11) is 0. The van der Waals surface area contributed by atoms with Crippen molar-refractivity contribution in [3.05, 3.63) is 69.7 Å². The Balaban J connectivity index is 0.000000328. The molecule has 1 aliphatic heterocycles. The number of hydrogen-bond acceptors (Lipinski definition) is 5. The lowest BCUT2D eigenvalue weighted by molar-refractivity contribution is -0.943. The molecule has 2 aromatic rings. The van der Waals surface area contributed by atoms with Crippen LogP contribution in [-0.2, 0) is 22.7 Å². The van der Waals surface area contributed by atoms with E-state index in [0.717, 1.165) is 37.2 Å². The van der Waals surface area contributed by atoms with E-state index in [0.29, 0.717) is 16.0 Å². The fourth-order valence-electron chi connectivity index (χ4n) is 4.05. The number of quaternary nitrogens is 1. The van der Waals surface area contributed by atoms with E-state index in [1.54, 1.807) is 6.07 Å². The van der Waals surface area contributed by atoms with E-state index in [-0.39, 0.29) is 0 Å². The van der Waals surface area contributed by atoms with Gasteiger partial charge < -0.3 is 30.6 Å². The van der Waals surface area contributed by atoms with Crippen LogP contribution in [-0.4, -0.2) is 68.7 Å². The lowest BCUT2D eigenvalue weighted by atomic mass is 10.1.